The molecule has 1 fully saturated rings. The number of carboxylic acid groups (broad SMARTS) is 1. The number of rotatable bonds is 8. The van der Waals surface area contributed by atoms with Crippen LogP contribution in [0.2, 0.25) is 0 Å². The molecule has 11 nitrogen and oxygen atoms in total. The number of nitrogens with two attached hydrogens (primary N) is 1. The van der Waals surface area contributed by atoms with E-state index in [9.17, 15) is 19.5 Å². The van der Waals surface area contributed by atoms with E-state index in [0.29, 0.717) is 28.0 Å². The first-order valence-electron chi connectivity index (χ1n) is 9.46. The fourth-order valence-corrected chi connectivity index (χ4v) is 5.18. The second-order valence-electron chi connectivity index (χ2n) is 6.88. The first-order valence-corrected chi connectivity index (χ1v) is 11.3. The molecule has 4 rings (SSSR count). The van der Waals surface area contributed by atoms with E-state index in [1.807, 2.05) is 35.2 Å². The Morgan fingerprint density at radius 2 is 2.19 bits per heavy atom. The van der Waals surface area contributed by atoms with Gasteiger partial charge in [-0.3, -0.25) is 14.5 Å². The largest absolute Gasteiger partial charge is 0.477 e. The van der Waals surface area contributed by atoms with Crippen molar-refractivity contribution in [2.24, 2.45) is 5.16 Å². The Hall–Kier alpha value is -3.45. The molecule has 0 bridgehead atoms. The van der Waals surface area contributed by atoms with Gasteiger partial charge < -0.3 is 21.0 Å². The molecule has 4 heterocycles. The fourth-order valence-electron chi connectivity index (χ4n) is 3.35. The minimum atomic E-state index is -1.18. The number of thioether (sulfide) groups is 1. The number of carbonyl (C=O) groups excluding carboxylic acids is 2. The predicted octanol–water partition coefficient (Wildman–Crippen LogP) is -0.0460. The van der Waals surface area contributed by atoms with Crippen LogP contribution < -0.4 is 15.6 Å². The molecule has 13 heteroatoms. The number of aliphatic carboxylic acids is 1. The minimum Gasteiger partial charge on any atom is -0.477 e. The first kappa shape index (κ1) is 21.8. The van der Waals surface area contributed by atoms with Crippen LogP contribution >= 0.6 is 23.1 Å². The lowest BCUT2D eigenvalue weighted by Gasteiger charge is -2.49. The highest BCUT2D eigenvalue weighted by Gasteiger charge is 2.54. The average molecular weight is 476 g/mol. The number of carboxylic acids is 1. The van der Waals surface area contributed by atoms with E-state index in [-0.39, 0.29) is 12.3 Å². The molecule has 166 valence electrons. The maximum absolute atomic E-state index is 12.7. The Morgan fingerprint density at radius 3 is 2.88 bits per heavy atom. The summed E-state index contributed by atoms with van der Waals surface area (Å²) >= 11 is 2.64. The van der Waals surface area contributed by atoms with Gasteiger partial charge in [0.25, 0.3) is 11.8 Å². The van der Waals surface area contributed by atoms with E-state index >= 15 is 0 Å². The lowest BCUT2D eigenvalue weighted by Crippen LogP contribution is -2.72. The van der Waals surface area contributed by atoms with Crippen molar-refractivity contribution in [1.29, 1.82) is 0 Å². The van der Waals surface area contributed by atoms with Crippen LogP contribution in [-0.4, -0.2) is 56.8 Å². The standard InChI is InChI=1S/C19H18N6O5S2/c20-19-22-11(9-32-19)8-30-21-6-14(26)23-15-12-10-31-13(7-24-4-2-1-3-5-24)16(18(28)29)25(12)17(15)27/h1-6,9,12,15H,7-8,10H2,(H3-,20,22,23,26,28,29)/p+1. The van der Waals surface area contributed by atoms with Crippen molar-refractivity contribution in [1.82, 2.24) is 15.2 Å². The number of hydrogen-bond donors (Lipinski definition) is 3. The van der Waals surface area contributed by atoms with Crippen LogP contribution in [0.25, 0.3) is 0 Å². The van der Waals surface area contributed by atoms with Gasteiger partial charge in [0.2, 0.25) is 0 Å². The molecule has 4 N–H and O–H groups in total. The van der Waals surface area contributed by atoms with Gasteiger partial charge in [-0.25, -0.2) is 14.3 Å². The number of β-lactam (4-membered cyclic amide) rings is 1. The van der Waals surface area contributed by atoms with Crippen molar-refractivity contribution in [3.8, 4) is 0 Å². The Labute approximate surface area is 190 Å². The third-order valence-electron chi connectivity index (χ3n) is 4.78. The highest BCUT2D eigenvalue weighted by molar-refractivity contribution is 8.03. The van der Waals surface area contributed by atoms with Crippen molar-refractivity contribution in [3.05, 3.63) is 52.3 Å². The van der Waals surface area contributed by atoms with Crippen molar-refractivity contribution >= 4 is 52.2 Å². The fraction of sp³-hybridized carbons (Fsp3) is 0.263. The number of hydrogen-bond acceptors (Lipinski definition) is 9. The zero-order valence-electron chi connectivity index (χ0n) is 16.6. The van der Waals surface area contributed by atoms with Crippen molar-refractivity contribution < 1.29 is 28.9 Å². The Bertz CT molecular complexity index is 1100. The molecule has 2 aromatic heterocycles. The Morgan fingerprint density at radius 1 is 1.41 bits per heavy atom. The van der Waals surface area contributed by atoms with Crippen LogP contribution in [-0.2, 0) is 32.4 Å². The second-order valence-corrected chi connectivity index (χ2v) is 8.89. The molecule has 32 heavy (non-hydrogen) atoms. The molecular weight excluding hydrogens is 456 g/mol. The lowest BCUT2D eigenvalue weighted by atomic mass is 9.94. The summed E-state index contributed by atoms with van der Waals surface area (Å²) < 4.78 is 1.84. The van der Waals surface area contributed by atoms with Gasteiger partial charge in [0.15, 0.2) is 30.7 Å². The van der Waals surface area contributed by atoms with E-state index in [4.69, 9.17) is 10.6 Å². The number of nitrogens with zero attached hydrogens (tertiary/aromatic N) is 4. The highest BCUT2D eigenvalue weighted by Crippen LogP contribution is 2.39. The molecule has 2 aromatic rings. The monoisotopic (exact) mass is 475 g/mol. The molecule has 1 saturated heterocycles. The number of thiazole rings is 1. The molecule has 2 aliphatic rings. The summed E-state index contributed by atoms with van der Waals surface area (Å²) in [6.07, 6.45) is 4.57. The van der Waals surface area contributed by atoms with Crippen LogP contribution in [0, 0.1) is 0 Å². The van der Waals surface area contributed by atoms with E-state index in [0.717, 1.165) is 6.21 Å². The van der Waals surface area contributed by atoms with E-state index in [2.05, 4.69) is 15.5 Å². The summed E-state index contributed by atoms with van der Waals surface area (Å²) in [6, 6.07) is 4.28. The first-order chi connectivity index (χ1) is 15.4. The minimum absolute atomic E-state index is 0.0439. The molecule has 0 aromatic carbocycles. The van der Waals surface area contributed by atoms with E-state index in [1.54, 1.807) is 5.38 Å². The van der Waals surface area contributed by atoms with Crippen LogP contribution in [0.4, 0.5) is 5.13 Å². The highest BCUT2D eigenvalue weighted by atomic mass is 32.2. The number of amides is 2. The molecular formula is C19H19N6O5S2+. The number of aromatic nitrogens is 2. The maximum atomic E-state index is 12.7. The van der Waals surface area contributed by atoms with Crippen LogP contribution in [0.1, 0.15) is 5.69 Å². The Kier molecular flexibility index (Phi) is 6.37. The molecule has 0 aliphatic carbocycles. The smallest absolute Gasteiger partial charge is 0.353 e. The summed E-state index contributed by atoms with van der Waals surface area (Å²) in [6.45, 7) is 0.400. The number of anilines is 1. The van der Waals surface area contributed by atoms with Gasteiger partial charge in [-0.1, -0.05) is 11.2 Å². The Balaban J connectivity index is 1.36. The summed E-state index contributed by atoms with van der Waals surface area (Å²) in [5.74, 6) is -1.79. The van der Waals surface area contributed by atoms with Crippen LogP contribution in [0.15, 0.2) is 51.7 Å². The van der Waals surface area contributed by atoms with Gasteiger partial charge in [-0.05, 0) is 0 Å². The van der Waals surface area contributed by atoms with Gasteiger partial charge in [-0.15, -0.1) is 23.1 Å². The average Bonchev–Trinajstić information content (AvgIpc) is 3.20. The number of nitrogen functional groups attached to an aromatic ring is 1. The summed E-state index contributed by atoms with van der Waals surface area (Å²) in [4.78, 5) is 47.5. The second kappa shape index (κ2) is 9.36. The van der Waals surface area contributed by atoms with Gasteiger partial charge in [0.1, 0.15) is 18.0 Å². The number of allylic oxidation sites excluding steroid dienone is 1. The van der Waals surface area contributed by atoms with Crippen molar-refractivity contribution in [2.75, 3.05) is 11.5 Å². The molecule has 2 amide bonds. The zero-order chi connectivity index (χ0) is 22.7. The third-order valence-corrected chi connectivity index (χ3v) is 6.69. The maximum Gasteiger partial charge on any atom is 0.353 e. The number of pyridine rings is 1. The van der Waals surface area contributed by atoms with E-state index in [1.165, 1.54) is 28.0 Å². The summed E-state index contributed by atoms with van der Waals surface area (Å²) in [5.41, 5.74) is 6.07. The topological polar surface area (TPSA) is 151 Å². The summed E-state index contributed by atoms with van der Waals surface area (Å²) in [7, 11) is 0. The molecule has 0 radical (unpaired) electrons. The lowest BCUT2D eigenvalue weighted by molar-refractivity contribution is -0.687. The normalized spacial score (nSPS) is 20.1. The molecule has 2 atom stereocenters. The van der Waals surface area contributed by atoms with Crippen molar-refractivity contribution in [3.63, 3.8) is 0 Å². The molecule has 0 spiro atoms. The predicted molar refractivity (Wildman–Crippen MR) is 116 cm³/mol. The van der Waals surface area contributed by atoms with Crippen LogP contribution in [0.3, 0.4) is 0 Å². The molecule has 2 aliphatic heterocycles. The third kappa shape index (κ3) is 4.57. The quantitative estimate of drug-likeness (QED) is 0.208. The number of nitrogens with one attached hydrogen (secondary N) is 1. The SMILES string of the molecule is Nc1nc(CON=CC(=O)NC2C(=O)N3C(C(=O)O)=C(C[n+]4ccccc4)SCC23)cs1. The van der Waals surface area contributed by atoms with E-state index < -0.39 is 29.9 Å². The number of oxime groups is 1. The van der Waals surface area contributed by atoms with Gasteiger partial charge in [-0.2, -0.15) is 0 Å². The zero-order valence-corrected chi connectivity index (χ0v) is 18.2. The molecule has 0 saturated carbocycles. The summed E-state index contributed by atoms with van der Waals surface area (Å²) in [5, 5.41) is 18.0. The van der Waals surface area contributed by atoms with Gasteiger partial charge in [0, 0.05) is 23.3 Å². The molecule has 2 unspecified atom stereocenters. The van der Waals surface area contributed by atoms with Crippen molar-refractivity contribution in [2.45, 2.75) is 25.2 Å². The number of fused-ring (bicyclic) bond motifs is 1. The van der Waals surface area contributed by atoms with Crippen LogP contribution in [0.5, 0.6) is 0 Å². The van der Waals surface area contributed by atoms with Gasteiger partial charge >= 0.3 is 5.97 Å². The van der Waals surface area contributed by atoms with Gasteiger partial charge in [0.05, 0.1) is 16.6 Å². The number of carbonyl (C=O) groups is 3.